The first kappa shape index (κ1) is 15.8. The number of hydrogen-bond donors (Lipinski definition) is 2. The van der Waals surface area contributed by atoms with Crippen LogP contribution in [0.25, 0.3) is 0 Å². The van der Waals surface area contributed by atoms with Crippen molar-refractivity contribution in [2.45, 2.75) is 34.1 Å². The molecule has 3 N–H and O–H groups in total. The van der Waals surface area contributed by atoms with Gasteiger partial charge in [0.1, 0.15) is 0 Å². The minimum atomic E-state index is 0.0140. The number of benzene rings is 1. The van der Waals surface area contributed by atoms with Gasteiger partial charge in [0, 0.05) is 6.54 Å². The van der Waals surface area contributed by atoms with Crippen molar-refractivity contribution in [1.82, 2.24) is 4.90 Å². The second-order valence-corrected chi connectivity index (χ2v) is 7.23. The molecule has 1 aromatic rings. The molecule has 1 unspecified atom stereocenters. The fourth-order valence-corrected chi connectivity index (χ4v) is 2.87. The van der Waals surface area contributed by atoms with Crippen LogP contribution in [0.2, 0.25) is 0 Å². The number of carbonyl (C=O) groups excluding carboxylic acids is 1. The van der Waals surface area contributed by atoms with Crippen LogP contribution in [0.5, 0.6) is 0 Å². The third-order valence-electron chi connectivity index (χ3n) is 4.35. The van der Waals surface area contributed by atoms with Crippen molar-refractivity contribution < 1.29 is 4.79 Å². The summed E-state index contributed by atoms with van der Waals surface area (Å²) in [5, 5.41) is 2.91. The molecule has 1 aromatic carbocycles. The summed E-state index contributed by atoms with van der Waals surface area (Å²) in [4.78, 5) is 14.4. The number of carbonyl (C=O) groups is 1. The van der Waals surface area contributed by atoms with Crippen molar-refractivity contribution in [2.24, 2.45) is 11.3 Å². The zero-order valence-corrected chi connectivity index (χ0v) is 13.6. The van der Waals surface area contributed by atoms with E-state index in [2.05, 4.69) is 31.0 Å². The minimum absolute atomic E-state index is 0.0140. The van der Waals surface area contributed by atoms with Crippen molar-refractivity contribution in [3.05, 3.63) is 23.8 Å². The van der Waals surface area contributed by atoms with Crippen LogP contribution in [-0.2, 0) is 4.79 Å². The lowest BCUT2D eigenvalue weighted by Crippen LogP contribution is -2.33. The molecule has 0 aliphatic carbocycles. The van der Waals surface area contributed by atoms with E-state index in [9.17, 15) is 4.79 Å². The molecule has 1 atom stereocenters. The Morgan fingerprint density at radius 2 is 2.14 bits per heavy atom. The number of rotatable bonds is 3. The Morgan fingerprint density at radius 1 is 1.43 bits per heavy atom. The van der Waals surface area contributed by atoms with E-state index in [0.717, 1.165) is 18.7 Å². The standard InChI is InChI=1S/C17H27N3O/c1-12-5-6-15(14(18)9-12)19-16(21)11-20-8-7-13(10-20)17(2,3)4/h5-6,9,13H,7-8,10-11,18H2,1-4H3,(H,19,21). The molecule has 1 amide bonds. The van der Waals surface area contributed by atoms with Gasteiger partial charge in [-0.15, -0.1) is 0 Å². The highest BCUT2D eigenvalue weighted by Crippen LogP contribution is 2.33. The number of anilines is 2. The monoisotopic (exact) mass is 289 g/mol. The molecule has 116 valence electrons. The first-order chi connectivity index (χ1) is 9.75. The predicted molar refractivity (Wildman–Crippen MR) is 88.2 cm³/mol. The maximum Gasteiger partial charge on any atom is 0.238 e. The molecule has 1 saturated heterocycles. The van der Waals surface area contributed by atoms with Crippen molar-refractivity contribution in [3.8, 4) is 0 Å². The minimum Gasteiger partial charge on any atom is -0.397 e. The van der Waals surface area contributed by atoms with Crippen LogP contribution in [0.4, 0.5) is 11.4 Å². The molecule has 0 spiro atoms. The Hall–Kier alpha value is -1.55. The summed E-state index contributed by atoms with van der Waals surface area (Å²) in [6.07, 6.45) is 1.17. The summed E-state index contributed by atoms with van der Waals surface area (Å²) in [6.45, 7) is 11.2. The molecule has 4 nitrogen and oxygen atoms in total. The summed E-state index contributed by atoms with van der Waals surface area (Å²) in [7, 11) is 0. The highest BCUT2D eigenvalue weighted by atomic mass is 16.2. The van der Waals surface area contributed by atoms with E-state index in [1.165, 1.54) is 6.42 Å². The smallest absolute Gasteiger partial charge is 0.238 e. The molecule has 1 aliphatic rings. The molecular formula is C17H27N3O. The van der Waals surface area contributed by atoms with Gasteiger partial charge < -0.3 is 11.1 Å². The Balaban J connectivity index is 1.88. The van der Waals surface area contributed by atoms with E-state index in [4.69, 9.17) is 5.73 Å². The molecule has 0 bridgehead atoms. The van der Waals surface area contributed by atoms with Gasteiger partial charge in [-0.05, 0) is 48.9 Å². The molecule has 0 radical (unpaired) electrons. The zero-order valence-electron chi connectivity index (χ0n) is 13.6. The lowest BCUT2D eigenvalue weighted by atomic mass is 9.80. The summed E-state index contributed by atoms with van der Waals surface area (Å²) >= 11 is 0. The quantitative estimate of drug-likeness (QED) is 0.841. The van der Waals surface area contributed by atoms with Crippen LogP contribution in [-0.4, -0.2) is 30.4 Å². The van der Waals surface area contributed by atoms with Crippen molar-refractivity contribution in [1.29, 1.82) is 0 Å². The van der Waals surface area contributed by atoms with Gasteiger partial charge in [0.15, 0.2) is 0 Å². The molecule has 1 heterocycles. The summed E-state index contributed by atoms with van der Waals surface area (Å²) in [5.41, 5.74) is 8.66. The van der Waals surface area contributed by atoms with Crippen molar-refractivity contribution >= 4 is 17.3 Å². The Labute approximate surface area is 127 Å². The Morgan fingerprint density at radius 3 is 2.71 bits per heavy atom. The van der Waals surface area contributed by atoms with E-state index in [1.54, 1.807) is 0 Å². The van der Waals surface area contributed by atoms with E-state index >= 15 is 0 Å². The number of likely N-dealkylation sites (tertiary alicyclic amines) is 1. The van der Waals surface area contributed by atoms with Gasteiger partial charge in [0.2, 0.25) is 5.91 Å². The van der Waals surface area contributed by atoms with E-state index in [-0.39, 0.29) is 5.91 Å². The lowest BCUT2D eigenvalue weighted by molar-refractivity contribution is -0.117. The fraction of sp³-hybridized carbons (Fsp3) is 0.588. The molecule has 0 aromatic heterocycles. The van der Waals surface area contributed by atoms with Crippen LogP contribution < -0.4 is 11.1 Å². The van der Waals surface area contributed by atoms with Crippen LogP contribution in [0.15, 0.2) is 18.2 Å². The van der Waals surface area contributed by atoms with Crippen LogP contribution in [0, 0.1) is 18.3 Å². The second kappa shape index (κ2) is 6.06. The number of nitrogens with two attached hydrogens (primary N) is 1. The molecule has 21 heavy (non-hydrogen) atoms. The molecule has 4 heteroatoms. The second-order valence-electron chi connectivity index (χ2n) is 7.23. The number of aryl methyl sites for hydroxylation is 1. The average Bonchev–Trinajstić information content (AvgIpc) is 2.81. The zero-order chi connectivity index (χ0) is 15.6. The topological polar surface area (TPSA) is 58.4 Å². The van der Waals surface area contributed by atoms with Crippen molar-refractivity contribution in [2.75, 3.05) is 30.7 Å². The number of nitrogens with one attached hydrogen (secondary N) is 1. The van der Waals surface area contributed by atoms with E-state index < -0.39 is 0 Å². The van der Waals surface area contributed by atoms with Crippen LogP contribution in [0.3, 0.4) is 0 Å². The Kier molecular flexibility index (Phi) is 4.57. The summed E-state index contributed by atoms with van der Waals surface area (Å²) in [6, 6.07) is 5.70. The van der Waals surface area contributed by atoms with Gasteiger partial charge in [-0.2, -0.15) is 0 Å². The van der Waals surface area contributed by atoms with E-state index in [1.807, 2.05) is 25.1 Å². The highest BCUT2D eigenvalue weighted by Gasteiger charge is 2.32. The predicted octanol–water partition coefficient (Wildman–Crippen LogP) is 2.88. The first-order valence-electron chi connectivity index (χ1n) is 7.64. The molecule has 1 aliphatic heterocycles. The first-order valence-corrected chi connectivity index (χ1v) is 7.64. The summed E-state index contributed by atoms with van der Waals surface area (Å²) < 4.78 is 0. The molecule has 1 fully saturated rings. The van der Waals surface area contributed by atoms with Crippen LogP contribution in [0.1, 0.15) is 32.8 Å². The number of amides is 1. The van der Waals surface area contributed by atoms with Gasteiger partial charge in [-0.3, -0.25) is 9.69 Å². The SMILES string of the molecule is Cc1ccc(NC(=O)CN2CCC(C(C)(C)C)C2)c(N)c1. The molecular weight excluding hydrogens is 262 g/mol. The third kappa shape index (κ3) is 4.21. The molecule has 0 saturated carbocycles. The van der Waals surface area contributed by atoms with Crippen molar-refractivity contribution in [3.63, 3.8) is 0 Å². The maximum atomic E-state index is 12.2. The average molecular weight is 289 g/mol. The van der Waals surface area contributed by atoms with Gasteiger partial charge in [-0.25, -0.2) is 0 Å². The van der Waals surface area contributed by atoms with Gasteiger partial charge >= 0.3 is 0 Å². The van der Waals surface area contributed by atoms with Crippen LogP contribution >= 0.6 is 0 Å². The molecule has 2 rings (SSSR count). The largest absolute Gasteiger partial charge is 0.397 e. The number of hydrogen-bond acceptors (Lipinski definition) is 3. The van der Waals surface area contributed by atoms with Gasteiger partial charge in [0.25, 0.3) is 0 Å². The number of nitrogen functional groups attached to an aromatic ring is 1. The Bertz CT molecular complexity index is 519. The fourth-order valence-electron chi connectivity index (χ4n) is 2.87. The van der Waals surface area contributed by atoms with Gasteiger partial charge in [-0.1, -0.05) is 26.8 Å². The highest BCUT2D eigenvalue weighted by molar-refractivity contribution is 5.95. The normalized spacial score (nSPS) is 19.7. The lowest BCUT2D eigenvalue weighted by Gasteiger charge is -2.27. The third-order valence-corrected chi connectivity index (χ3v) is 4.35. The maximum absolute atomic E-state index is 12.2. The number of nitrogens with zero attached hydrogens (tertiary/aromatic N) is 1. The van der Waals surface area contributed by atoms with Gasteiger partial charge in [0.05, 0.1) is 17.9 Å². The van der Waals surface area contributed by atoms with E-state index in [0.29, 0.717) is 29.3 Å². The summed E-state index contributed by atoms with van der Waals surface area (Å²) in [5.74, 6) is 0.676.